The lowest BCUT2D eigenvalue weighted by Crippen LogP contribution is -2.17. The maximum absolute atomic E-state index is 11.7. The molecule has 0 aliphatic heterocycles. The molecule has 8 nitrogen and oxygen atoms in total. The van der Waals surface area contributed by atoms with E-state index in [0.717, 1.165) is 5.69 Å². The predicted molar refractivity (Wildman–Crippen MR) is 60.3 cm³/mol. The van der Waals surface area contributed by atoms with Crippen molar-refractivity contribution in [2.75, 3.05) is 5.32 Å². The summed E-state index contributed by atoms with van der Waals surface area (Å²) >= 11 is 0. The number of hydrogen-bond acceptors (Lipinski definition) is 5. The second-order valence-electron chi connectivity index (χ2n) is 3.45. The molecule has 2 heterocycles. The van der Waals surface area contributed by atoms with Gasteiger partial charge in [0.2, 0.25) is 0 Å². The number of carboxylic acid groups (broad SMARTS) is 1. The number of hydrogen-bond donors (Lipinski definition) is 3. The molecule has 0 saturated carbocycles. The van der Waals surface area contributed by atoms with Gasteiger partial charge in [0.05, 0.1) is 0 Å². The first-order valence-corrected chi connectivity index (χ1v) is 4.95. The zero-order valence-electron chi connectivity index (χ0n) is 9.34. The van der Waals surface area contributed by atoms with Crippen LogP contribution in [0.15, 0.2) is 18.5 Å². The summed E-state index contributed by atoms with van der Waals surface area (Å²) in [6, 6.07) is 1.53. The van der Waals surface area contributed by atoms with Gasteiger partial charge in [0.1, 0.15) is 0 Å². The highest BCUT2D eigenvalue weighted by molar-refractivity contribution is 6.05. The van der Waals surface area contributed by atoms with Crippen molar-refractivity contribution < 1.29 is 14.7 Å². The first-order valence-electron chi connectivity index (χ1n) is 4.95. The number of nitrogens with zero attached hydrogens (tertiary/aromatic N) is 3. The van der Waals surface area contributed by atoms with Crippen LogP contribution >= 0.6 is 0 Å². The molecule has 92 valence electrons. The van der Waals surface area contributed by atoms with Gasteiger partial charge in [0.25, 0.3) is 5.91 Å². The minimum atomic E-state index is -1.27. The van der Waals surface area contributed by atoms with E-state index in [4.69, 9.17) is 5.11 Å². The van der Waals surface area contributed by atoms with Gasteiger partial charge in [-0.3, -0.25) is 9.89 Å². The van der Waals surface area contributed by atoms with Crippen LogP contribution in [0, 0.1) is 6.92 Å². The third-order valence-corrected chi connectivity index (χ3v) is 2.07. The molecule has 0 bridgehead atoms. The molecular weight excluding hydrogens is 238 g/mol. The largest absolute Gasteiger partial charge is 0.476 e. The van der Waals surface area contributed by atoms with Crippen LogP contribution in [0.4, 0.5) is 5.82 Å². The number of aromatic amines is 1. The number of carboxylic acids is 1. The van der Waals surface area contributed by atoms with Crippen LogP contribution in [-0.2, 0) is 0 Å². The number of anilines is 1. The lowest BCUT2D eigenvalue weighted by atomic mass is 10.3. The van der Waals surface area contributed by atoms with Crippen molar-refractivity contribution in [3.05, 3.63) is 35.5 Å². The van der Waals surface area contributed by atoms with Crippen molar-refractivity contribution in [3.63, 3.8) is 0 Å². The van der Waals surface area contributed by atoms with Crippen LogP contribution in [0.1, 0.15) is 26.7 Å². The number of amides is 1. The van der Waals surface area contributed by atoms with Crippen molar-refractivity contribution in [2.45, 2.75) is 6.92 Å². The first kappa shape index (κ1) is 11.7. The van der Waals surface area contributed by atoms with Crippen molar-refractivity contribution >= 4 is 17.7 Å². The highest BCUT2D eigenvalue weighted by atomic mass is 16.4. The molecule has 2 rings (SSSR count). The molecule has 0 spiro atoms. The van der Waals surface area contributed by atoms with E-state index in [9.17, 15) is 9.59 Å². The van der Waals surface area contributed by atoms with Gasteiger partial charge in [-0.15, -0.1) is 0 Å². The highest BCUT2D eigenvalue weighted by Crippen LogP contribution is 2.09. The van der Waals surface area contributed by atoms with Gasteiger partial charge in [-0.1, -0.05) is 0 Å². The summed E-state index contributed by atoms with van der Waals surface area (Å²) in [5.41, 5.74) is 0.547. The molecule has 1 amide bonds. The Morgan fingerprint density at radius 1 is 1.33 bits per heavy atom. The molecule has 0 unspecified atom stereocenters. The quantitative estimate of drug-likeness (QED) is 0.724. The van der Waals surface area contributed by atoms with E-state index in [-0.39, 0.29) is 17.2 Å². The summed E-state index contributed by atoms with van der Waals surface area (Å²) in [6.07, 6.45) is 2.52. The topological polar surface area (TPSA) is 121 Å². The maximum Gasteiger partial charge on any atom is 0.358 e. The van der Waals surface area contributed by atoms with E-state index in [0.29, 0.717) is 0 Å². The summed E-state index contributed by atoms with van der Waals surface area (Å²) in [5.74, 6) is -1.94. The summed E-state index contributed by atoms with van der Waals surface area (Å²) in [6.45, 7) is 1.74. The van der Waals surface area contributed by atoms with Gasteiger partial charge >= 0.3 is 5.97 Å². The Kier molecular flexibility index (Phi) is 3.00. The predicted octanol–water partition coefficient (Wildman–Crippen LogP) is 0.459. The van der Waals surface area contributed by atoms with E-state index in [1.807, 2.05) is 0 Å². The fourth-order valence-corrected chi connectivity index (χ4v) is 1.29. The number of H-pyrrole nitrogens is 1. The van der Waals surface area contributed by atoms with E-state index < -0.39 is 11.9 Å². The average molecular weight is 247 g/mol. The van der Waals surface area contributed by atoms with Gasteiger partial charge in [0, 0.05) is 18.1 Å². The summed E-state index contributed by atoms with van der Waals surface area (Å²) in [5, 5.41) is 17.6. The zero-order valence-corrected chi connectivity index (χ0v) is 9.34. The van der Waals surface area contributed by atoms with Gasteiger partial charge in [-0.05, 0) is 13.0 Å². The van der Waals surface area contributed by atoms with Gasteiger partial charge in [-0.25, -0.2) is 14.8 Å². The van der Waals surface area contributed by atoms with E-state index in [1.165, 1.54) is 18.5 Å². The van der Waals surface area contributed by atoms with Gasteiger partial charge in [0.15, 0.2) is 17.2 Å². The van der Waals surface area contributed by atoms with Gasteiger partial charge in [-0.2, -0.15) is 5.10 Å². The number of carbonyl (C=O) groups is 2. The molecule has 2 aromatic rings. The Bertz CT molecular complexity index is 607. The van der Waals surface area contributed by atoms with Crippen molar-refractivity contribution in [1.29, 1.82) is 0 Å². The van der Waals surface area contributed by atoms with Crippen LogP contribution in [-0.4, -0.2) is 37.1 Å². The molecule has 0 aromatic carbocycles. The number of carbonyl (C=O) groups excluding carboxylic acids is 1. The second-order valence-corrected chi connectivity index (χ2v) is 3.45. The minimum Gasteiger partial charge on any atom is -0.476 e. The van der Waals surface area contributed by atoms with Crippen LogP contribution in [0.2, 0.25) is 0 Å². The molecule has 8 heteroatoms. The molecular formula is C10H9N5O3. The van der Waals surface area contributed by atoms with Crippen molar-refractivity contribution in [2.24, 2.45) is 0 Å². The Morgan fingerprint density at radius 3 is 2.67 bits per heavy atom. The fourth-order valence-electron chi connectivity index (χ4n) is 1.29. The molecule has 0 atom stereocenters. The molecule has 3 N–H and O–H groups in total. The summed E-state index contributed by atoms with van der Waals surface area (Å²) in [4.78, 5) is 30.0. The smallest absolute Gasteiger partial charge is 0.358 e. The second kappa shape index (κ2) is 4.62. The maximum atomic E-state index is 11.7. The molecule has 0 radical (unpaired) electrons. The van der Waals surface area contributed by atoms with Crippen LogP contribution in [0.5, 0.6) is 0 Å². The molecule has 18 heavy (non-hydrogen) atoms. The average Bonchev–Trinajstić information content (AvgIpc) is 2.76. The standard InChI is InChI=1S/C10H9N5O3/c1-5-4-6(15-14-5)9(16)13-8-7(10(17)18)11-2-3-12-8/h2-4H,1H3,(H,14,15)(H,17,18)(H,12,13,16). The van der Waals surface area contributed by atoms with Crippen molar-refractivity contribution in [3.8, 4) is 0 Å². The van der Waals surface area contributed by atoms with E-state index >= 15 is 0 Å². The first-order chi connectivity index (χ1) is 8.58. The Labute approximate surface area is 101 Å². The summed E-state index contributed by atoms with van der Waals surface area (Å²) < 4.78 is 0. The molecule has 0 saturated heterocycles. The zero-order chi connectivity index (χ0) is 13.1. The lowest BCUT2D eigenvalue weighted by Gasteiger charge is -2.04. The Balaban J connectivity index is 2.24. The van der Waals surface area contributed by atoms with E-state index in [1.54, 1.807) is 6.92 Å². The van der Waals surface area contributed by atoms with Crippen LogP contribution < -0.4 is 5.32 Å². The highest BCUT2D eigenvalue weighted by Gasteiger charge is 2.17. The Morgan fingerprint density at radius 2 is 2.06 bits per heavy atom. The van der Waals surface area contributed by atoms with Gasteiger partial charge < -0.3 is 10.4 Å². The lowest BCUT2D eigenvalue weighted by molar-refractivity contribution is 0.0691. The number of nitrogens with one attached hydrogen (secondary N) is 2. The number of aryl methyl sites for hydroxylation is 1. The van der Waals surface area contributed by atoms with Crippen LogP contribution in [0.3, 0.4) is 0 Å². The molecule has 2 aromatic heterocycles. The molecule has 0 aliphatic carbocycles. The third-order valence-electron chi connectivity index (χ3n) is 2.07. The van der Waals surface area contributed by atoms with Crippen molar-refractivity contribution in [1.82, 2.24) is 20.2 Å². The monoisotopic (exact) mass is 247 g/mol. The van der Waals surface area contributed by atoms with E-state index in [2.05, 4.69) is 25.5 Å². The third kappa shape index (κ3) is 2.32. The summed E-state index contributed by atoms with van der Waals surface area (Å²) in [7, 11) is 0. The Hall–Kier alpha value is -2.77. The normalized spacial score (nSPS) is 10.1. The minimum absolute atomic E-state index is 0.115. The molecule has 0 fully saturated rings. The number of rotatable bonds is 3. The SMILES string of the molecule is Cc1cc(C(=O)Nc2nccnc2C(=O)O)n[nH]1. The van der Waals surface area contributed by atoms with Crippen LogP contribution in [0.25, 0.3) is 0 Å². The number of aromatic nitrogens is 4. The molecule has 0 aliphatic rings. The fraction of sp³-hybridized carbons (Fsp3) is 0.100. The number of aromatic carboxylic acids is 1.